The van der Waals surface area contributed by atoms with Crippen LogP contribution < -0.4 is 10.6 Å². The minimum Gasteiger partial charge on any atom is -0.361 e. The third kappa shape index (κ3) is 5.39. The molecule has 0 radical (unpaired) electrons. The summed E-state index contributed by atoms with van der Waals surface area (Å²) in [5, 5.41) is 7.04. The molecule has 1 atom stereocenters. The molecule has 6 heteroatoms. The number of aryl methyl sites for hydroxylation is 1. The van der Waals surface area contributed by atoms with Crippen LogP contribution in [-0.4, -0.2) is 47.0 Å². The second-order valence-electron chi connectivity index (χ2n) is 9.37. The highest BCUT2D eigenvalue weighted by Crippen LogP contribution is 2.32. The van der Waals surface area contributed by atoms with Crippen LogP contribution in [0.1, 0.15) is 37.6 Å². The molecule has 6 nitrogen and oxygen atoms in total. The average Bonchev–Trinajstić information content (AvgIpc) is 2.77. The van der Waals surface area contributed by atoms with E-state index in [2.05, 4.69) is 72.7 Å². The van der Waals surface area contributed by atoms with Crippen molar-refractivity contribution >= 4 is 11.8 Å². The molecule has 1 aromatic carbocycles. The van der Waals surface area contributed by atoms with Crippen molar-refractivity contribution in [2.45, 2.75) is 32.7 Å². The molecule has 0 saturated heterocycles. The number of anilines is 2. The molecule has 1 unspecified atom stereocenters. The lowest BCUT2D eigenvalue weighted by molar-refractivity contribution is 0.254. The summed E-state index contributed by atoms with van der Waals surface area (Å²) in [5.74, 6) is 1.64. The van der Waals surface area contributed by atoms with Crippen molar-refractivity contribution in [2.24, 2.45) is 5.41 Å². The molecule has 162 valence electrons. The monoisotopic (exact) mass is 416 g/mol. The molecule has 31 heavy (non-hydrogen) atoms. The van der Waals surface area contributed by atoms with Gasteiger partial charge in [0.25, 0.3) is 0 Å². The van der Waals surface area contributed by atoms with Crippen LogP contribution in [0.3, 0.4) is 0 Å². The number of fused-ring (bicyclic) bond motifs is 1. The fourth-order valence-electron chi connectivity index (χ4n) is 4.23. The maximum Gasteiger partial charge on any atom is 0.222 e. The first-order valence-corrected chi connectivity index (χ1v) is 10.9. The Morgan fingerprint density at radius 2 is 1.87 bits per heavy atom. The van der Waals surface area contributed by atoms with Gasteiger partial charge < -0.3 is 15.5 Å². The number of hydrogen-bond acceptors (Lipinski definition) is 6. The minimum absolute atomic E-state index is 0.128. The average molecular weight is 417 g/mol. The summed E-state index contributed by atoms with van der Waals surface area (Å²) in [6.45, 7) is 6.31. The highest BCUT2D eigenvalue weighted by Gasteiger charge is 2.23. The smallest absolute Gasteiger partial charge is 0.222 e. The van der Waals surface area contributed by atoms with Crippen LogP contribution in [0.2, 0.25) is 0 Å². The summed E-state index contributed by atoms with van der Waals surface area (Å²) >= 11 is 0. The van der Waals surface area contributed by atoms with E-state index in [-0.39, 0.29) is 11.5 Å². The van der Waals surface area contributed by atoms with Gasteiger partial charge in [0.05, 0.1) is 17.4 Å². The van der Waals surface area contributed by atoms with Crippen LogP contribution in [0, 0.1) is 5.41 Å². The Morgan fingerprint density at radius 1 is 1.06 bits per heavy atom. The topological polar surface area (TPSA) is 66.0 Å². The fraction of sp³-hybridized carbons (Fsp3) is 0.400. The van der Waals surface area contributed by atoms with Gasteiger partial charge in [-0.2, -0.15) is 0 Å². The van der Waals surface area contributed by atoms with Crippen molar-refractivity contribution in [3.63, 3.8) is 0 Å². The van der Waals surface area contributed by atoms with E-state index in [0.29, 0.717) is 5.95 Å². The van der Waals surface area contributed by atoms with Crippen molar-refractivity contribution in [3.05, 3.63) is 66.0 Å². The molecule has 0 aliphatic carbocycles. The number of hydrogen-bond donors (Lipinski definition) is 2. The van der Waals surface area contributed by atoms with E-state index in [9.17, 15) is 0 Å². The molecular weight excluding hydrogens is 384 g/mol. The summed E-state index contributed by atoms with van der Waals surface area (Å²) in [5.41, 5.74) is 4.50. The van der Waals surface area contributed by atoms with Crippen molar-refractivity contribution in [1.29, 1.82) is 0 Å². The number of nitrogens with zero attached hydrogens (tertiary/aromatic N) is 4. The van der Waals surface area contributed by atoms with Crippen molar-refractivity contribution in [1.82, 2.24) is 19.9 Å². The third-order valence-electron chi connectivity index (χ3n) is 5.57. The maximum absolute atomic E-state index is 4.90. The van der Waals surface area contributed by atoms with Gasteiger partial charge in [-0.1, -0.05) is 50.2 Å². The molecule has 1 aliphatic rings. The predicted octanol–water partition coefficient (Wildman–Crippen LogP) is 4.64. The molecule has 4 rings (SSSR count). The molecular formula is C25H32N6. The Balaban J connectivity index is 1.47. The molecule has 2 aromatic heterocycles. The van der Waals surface area contributed by atoms with E-state index in [1.165, 1.54) is 5.56 Å². The van der Waals surface area contributed by atoms with E-state index < -0.39 is 0 Å². The zero-order valence-corrected chi connectivity index (χ0v) is 18.9. The van der Waals surface area contributed by atoms with E-state index in [1.54, 1.807) is 0 Å². The van der Waals surface area contributed by atoms with Crippen LogP contribution in [0.25, 0.3) is 11.3 Å². The first-order valence-electron chi connectivity index (χ1n) is 10.9. The third-order valence-corrected chi connectivity index (χ3v) is 5.57. The second-order valence-corrected chi connectivity index (χ2v) is 9.37. The lowest BCUT2D eigenvalue weighted by Crippen LogP contribution is -2.34. The quantitative estimate of drug-likeness (QED) is 0.585. The van der Waals surface area contributed by atoms with Gasteiger partial charge in [-0.15, -0.1) is 0 Å². The Kier molecular flexibility index (Phi) is 6.18. The lowest BCUT2D eigenvalue weighted by atomic mass is 9.93. The summed E-state index contributed by atoms with van der Waals surface area (Å²) in [7, 11) is 4.20. The van der Waals surface area contributed by atoms with Crippen molar-refractivity contribution < 1.29 is 0 Å². The Labute approximate surface area is 185 Å². The van der Waals surface area contributed by atoms with E-state index in [1.807, 2.05) is 30.5 Å². The van der Waals surface area contributed by atoms with E-state index in [0.717, 1.165) is 48.7 Å². The number of nitrogens with one attached hydrogen (secondary N) is 2. The van der Waals surface area contributed by atoms with Crippen molar-refractivity contribution in [2.75, 3.05) is 37.8 Å². The molecule has 0 bridgehead atoms. The van der Waals surface area contributed by atoms with Gasteiger partial charge >= 0.3 is 0 Å². The zero-order valence-electron chi connectivity index (χ0n) is 18.9. The van der Waals surface area contributed by atoms with Crippen LogP contribution in [-0.2, 0) is 6.42 Å². The summed E-state index contributed by atoms with van der Waals surface area (Å²) < 4.78 is 0. The Bertz CT molecular complexity index is 1020. The molecule has 0 amide bonds. The van der Waals surface area contributed by atoms with Crippen LogP contribution >= 0.6 is 0 Å². The molecule has 3 aromatic rings. The van der Waals surface area contributed by atoms with Gasteiger partial charge in [0, 0.05) is 24.8 Å². The normalized spacial score (nSPS) is 16.0. The Morgan fingerprint density at radius 3 is 2.65 bits per heavy atom. The number of benzene rings is 1. The first kappa shape index (κ1) is 21.2. The van der Waals surface area contributed by atoms with Crippen LogP contribution in [0.4, 0.5) is 11.8 Å². The second kappa shape index (κ2) is 9.02. The SMILES string of the molecule is CN(C)CC(C)(C)CNc1nccc(C2CCc3ccc(-c4ccccc4)nc3N2)n1. The lowest BCUT2D eigenvalue weighted by Gasteiger charge is -2.29. The largest absolute Gasteiger partial charge is 0.361 e. The van der Waals surface area contributed by atoms with Gasteiger partial charge in [-0.05, 0) is 50.0 Å². The molecule has 0 fully saturated rings. The minimum atomic E-state index is 0.128. The fourth-order valence-corrected chi connectivity index (χ4v) is 4.23. The number of pyridine rings is 1. The van der Waals surface area contributed by atoms with Crippen LogP contribution in [0.5, 0.6) is 0 Å². The molecule has 0 spiro atoms. The standard InChI is InChI=1S/C25H32N6/c1-25(2,17-31(3)4)16-27-24-26-15-14-22(30-24)21-13-11-19-10-12-20(28-23(19)29-21)18-8-6-5-7-9-18/h5-10,12,14-15,21H,11,13,16-17H2,1-4H3,(H,28,29)(H,26,27,30). The first-order chi connectivity index (χ1) is 14.9. The van der Waals surface area contributed by atoms with E-state index >= 15 is 0 Å². The van der Waals surface area contributed by atoms with Gasteiger partial charge in [0.2, 0.25) is 5.95 Å². The summed E-state index contributed by atoms with van der Waals surface area (Å²) in [6.07, 6.45) is 3.81. The maximum atomic E-state index is 4.90. The highest BCUT2D eigenvalue weighted by molar-refractivity contribution is 5.63. The highest BCUT2D eigenvalue weighted by atomic mass is 15.1. The zero-order chi connectivity index (χ0) is 21.8. The predicted molar refractivity (Wildman–Crippen MR) is 127 cm³/mol. The summed E-state index contributed by atoms with van der Waals surface area (Å²) in [4.78, 5) is 16.4. The van der Waals surface area contributed by atoms with Gasteiger partial charge in [-0.25, -0.2) is 15.0 Å². The van der Waals surface area contributed by atoms with Gasteiger partial charge in [0.1, 0.15) is 5.82 Å². The molecule has 2 N–H and O–H groups in total. The molecule has 0 saturated carbocycles. The van der Waals surface area contributed by atoms with Crippen LogP contribution in [0.15, 0.2) is 54.7 Å². The Hall–Kier alpha value is -2.99. The van der Waals surface area contributed by atoms with Gasteiger partial charge in [0.15, 0.2) is 0 Å². The molecule has 3 heterocycles. The molecule has 1 aliphatic heterocycles. The number of aromatic nitrogens is 3. The van der Waals surface area contributed by atoms with Gasteiger partial charge in [-0.3, -0.25) is 0 Å². The number of rotatable bonds is 7. The van der Waals surface area contributed by atoms with E-state index in [4.69, 9.17) is 9.97 Å². The van der Waals surface area contributed by atoms with Crippen molar-refractivity contribution in [3.8, 4) is 11.3 Å². The summed E-state index contributed by atoms with van der Waals surface area (Å²) in [6, 6.07) is 16.7.